The quantitative estimate of drug-likeness (QED) is 0.0871. The molecule has 9 nitrogen and oxygen atoms in total. The predicted octanol–water partition coefficient (Wildman–Crippen LogP) is 9.55. The molecule has 1 amide bonds. The van der Waals surface area contributed by atoms with Crippen LogP contribution in [0.2, 0.25) is 0 Å². The molecular weight excluding hydrogens is 823 g/mol. The van der Waals surface area contributed by atoms with E-state index in [1.165, 1.54) is 0 Å². The second kappa shape index (κ2) is 19.3. The molecule has 1 aromatic heterocycles. The lowest BCUT2D eigenvalue weighted by atomic mass is 9.91. The molecule has 1 aliphatic heterocycles. The number of aliphatic hydroxyl groups is 1. The highest BCUT2D eigenvalue weighted by atomic mass is 32.2. The minimum absolute atomic E-state index is 0.0266. The first-order chi connectivity index (χ1) is 29.6. The molecule has 3 N–H and O–H groups in total. The van der Waals surface area contributed by atoms with Gasteiger partial charge in [0.1, 0.15) is 6.04 Å². The van der Waals surface area contributed by atoms with Gasteiger partial charge in [0.2, 0.25) is 15.9 Å². The topological polar surface area (TPSA) is 127 Å². The van der Waals surface area contributed by atoms with E-state index in [1.807, 2.05) is 128 Å². The monoisotopic (exact) mass is 869 g/mol. The van der Waals surface area contributed by atoms with E-state index in [4.69, 9.17) is 14.5 Å². The number of thiazole rings is 1. The number of hydrogen-bond donors (Lipinski definition) is 3. The number of nitrogens with zero attached hydrogens (tertiary/aromatic N) is 1. The van der Waals surface area contributed by atoms with Gasteiger partial charge in [0, 0.05) is 23.8 Å². The van der Waals surface area contributed by atoms with Crippen LogP contribution in [0.25, 0.3) is 21.3 Å². The van der Waals surface area contributed by atoms with Crippen LogP contribution < -0.4 is 10.0 Å². The fourth-order valence-corrected chi connectivity index (χ4v) is 10.9. The molecule has 0 unspecified atom stereocenters. The highest BCUT2D eigenvalue weighted by molar-refractivity contribution is 8.01. The Kier molecular flexibility index (Phi) is 13.4. The minimum Gasteiger partial charge on any atom is -0.392 e. The normalized spacial score (nSPS) is 18.5. The molecule has 6 aromatic carbocycles. The van der Waals surface area contributed by atoms with Crippen LogP contribution in [0.3, 0.4) is 0 Å². The minimum atomic E-state index is -3.98. The Morgan fingerprint density at radius 2 is 1.49 bits per heavy atom. The molecule has 1 saturated heterocycles. The van der Waals surface area contributed by atoms with Crippen molar-refractivity contribution in [3.8, 4) is 11.1 Å². The summed E-state index contributed by atoms with van der Waals surface area (Å²) in [7, 11) is -3.98. The third-order valence-corrected chi connectivity index (χ3v) is 14.7. The van der Waals surface area contributed by atoms with E-state index in [0.717, 1.165) is 59.1 Å². The number of amides is 1. The van der Waals surface area contributed by atoms with Crippen LogP contribution in [0, 0.1) is 12.8 Å². The third-order valence-electron chi connectivity index (χ3n) is 11.0. The molecule has 0 bridgehead atoms. The maximum atomic E-state index is 13.8. The van der Waals surface area contributed by atoms with E-state index in [2.05, 4.69) is 23.0 Å². The first-order valence-electron chi connectivity index (χ1n) is 20.2. The highest BCUT2D eigenvalue weighted by Gasteiger charge is 2.38. The number of sulfonamides is 1. The molecule has 5 atom stereocenters. The molecule has 61 heavy (non-hydrogen) atoms. The number of para-hydroxylation sites is 1. The number of thioether (sulfide) groups is 1. The number of carbonyl (C=O) groups excluding carboxylic acids is 1. The Balaban J connectivity index is 0.991. The van der Waals surface area contributed by atoms with E-state index in [0.29, 0.717) is 5.75 Å². The first kappa shape index (κ1) is 42.5. The van der Waals surface area contributed by atoms with E-state index in [1.54, 1.807) is 47.4 Å². The summed E-state index contributed by atoms with van der Waals surface area (Å²) in [6.07, 6.45) is -0.840. The number of nitrogens with one attached hydrogen (secondary N) is 2. The molecule has 0 saturated carbocycles. The number of carbonyl (C=O) groups is 1. The summed E-state index contributed by atoms with van der Waals surface area (Å²) in [5.74, 6) is 0.301. The molecule has 0 spiro atoms. The van der Waals surface area contributed by atoms with Crippen LogP contribution in [0.4, 0.5) is 0 Å². The van der Waals surface area contributed by atoms with Gasteiger partial charge in [-0.2, -0.15) is 4.72 Å². The van der Waals surface area contributed by atoms with Crippen molar-refractivity contribution in [3.05, 3.63) is 185 Å². The number of aliphatic hydroxyl groups excluding tert-OH is 1. The maximum Gasteiger partial charge on any atom is 0.241 e. The van der Waals surface area contributed by atoms with Crippen molar-refractivity contribution in [2.24, 2.45) is 5.92 Å². The number of hydrogen-bond acceptors (Lipinski definition) is 9. The van der Waals surface area contributed by atoms with Crippen LogP contribution in [-0.2, 0) is 43.9 Å². The molecule has 12 heteroatoms. The Bertz CT molecular complexity index is 2640. The molecule has 2 heterocycles. The number of aryl methyl sites for hydroxylation is 1. The molecule has 0 radical (unpaired) electrons. The van der Waals surface area contributed by atoms with Crippen LogP contribution in [0.1, 0.15) is 52.7 Å². The Hall–Kier alpha value is -5.18. The van der Waals surface area contributed by atoms with Gasteiger partial charge in [-0.3, -0.25) is 4.79 Å². The molecule has 8 rings (SSSR count). The molecule has 0 aliphatic carbocycles. The summed E-state index contributed by atoms with van der Waals surface area (Å²) < 4.78 is 45.2. The van der Waals surface area contributed by atoms with Gasteiger partial charge in [-0.25, -0.2) is 13.4 Å². The highest BCUT2D eigenvalue weighted by Crippen LogP contribution is 2.44. The van der Waals surface area contributed by atoms with Crippen LogP contribution in [0.5, 0.6) is 0 Å². The van der Waals surface area contributed by atoms with Crippen molar-refractivity contribution in [1.82, 2.24) is 15.0 Å². The average Bonchev–Trinajstić information content (AvgIpc) is 3.71. The lowest BCUT2D eigenvalue weighted by Crippen LogP contribution is -2.47. The van der Waals surface area contributed by atoms with Crippen molar-refractivity contribution in [3.63, 3.8) is 0 Å². The number of ether oxygens (including phenoxy) is 2. The van der Waals surface area contributed by atoms with Crippen molar-refractivity contribution in [2.45, 2.75) is 67.2 Å². The van der Waals surface area contributed by atoms with Crippen LogP contribution >= 0.6 is 23.1 Å². The van der Waals surface area contributed by atoms with Gasteiger partial charge < -0.3 is 19.9 Å². The lowest BCUT2D eigenvalue weighted by molar-refractivity contribution is -0.268. The molecule has 312 valence electrons. The maximum absolute atomic E-state index is 13.8. The van der Waals surface area contributed by atoms with Gasteiger partial charge in [-0.15, -0.1) is 11.3 Å². The number of aromatic nitrogens is 1. The van der Waals surface area contributed by atoms with E-state index >= 15 is 0 Å². The second-order valence-corrected chi connectivity index (χ2v) is 19.3. The largest absolute Gasteiger partial charge is 0.392 e. The Morgan fingerprint density at radius 3 is 2.23 bits per heavy atom. The average molecular weight is 870 g/mol. The summed E-state index contributed by atoms with van der Waals surface area (Å²) in [5, 5.41) is 12.7. The van der Waals surface area contributed by atoms with Crippen molar-refractivity contribution < 1.29 is 27.8 Å². The number of rotatable bonds is 15. The van der Waals surface area contributed by atoms with Gasteiger partial charge in [-0.05, 0) is 71.0 Å². The SMILES string of the molecule is Cc1ccc(S(=O)(=O)N[C@H](Cc2ccccc2)C(=O)NCc2ccccc2-c2ccc([C@@H]3O[C@H](CSc4nc5ccccc5s4)[C@H](C)[C@H](c4ccc(CO)cc4)O3)cc2)cc1. The van der Waals surface area contributed by atoms with E-state index in [-0.39, 0.29) is 42.6 Å². The van der Waals surface area contributed by atoms with E-state index in [9.17, 15) is 18.3 Å². The summed E-state index contributed by atoms with van der Waals surface area (Å²) in [6.45, 7) is 4.21. The van der Waals surface area contributed by atoms with Crippen molar-refractivity contribution in [2.75, 3.05) is 5.75 Å². The van der Waals surface area contributed by atoms with Gasteiger partial charge in [0.05, 0.1) is 33.9 Å². The molecule has 1 aliphatic rings. The van der Waals surface area contributed by atoms with E-state index < -0.39 is 28.3 Å². The molecule has 1 fully saturated rings. The zero-order chi connectivity index (χ0) is 42.3. The first-order valence-corrected chi connectivity index (χ1v) is 23.5. The Labute approximate surface area is 365 Å². The number of fused-ring (bicyclic) bond motifs is 1. The summed E-state index contributed by atoms with van der Waals surface area (Å²) in [6, 6.07) is 46.9. The summed E-state index contributed by atoms with van der Waals surface area (Å²) in [5.41, 5.74) is 8.25. The lowest BCUT2D eigenvalue weighted by Gasteiger charge is -2.41. The summed E-state index contributed by atoms with van der Waals surface area (Å²) >= 11 is 3.38. The standard InChI is InChI=1S/C49H47N3O6S3/c1-32-16-26-40(27-17-32)61(55,56)52-43(28-34-10-4-3-5-11-34)47(54)50-29-39-12-6-7-13-41(39)36-22-24-38(25-23-36)48-57-44(31-59-49-51-42-14-8-9-15-45(42)60-49)33(2)46(58-48)37-20-18-35(30-53)19-21-37/h3-27,33,43-44,46,48,52-53H,28-31H2,1-2H3,(H,50,54)/t33-,43+,44+,46+,48+/m0/s1. The van der Waals surface area contributed by atoms with Crippen molar-refractivity contribution in [1.29, 1.82) is 0 Å². The smallest absolute Gasteiger partial charge is 0.241 e. The van der Waals surface area contributed by atoms with Crippen LogP contribution in [0.15, 0.2) is 161 Å². The van der Waals surface area contributed by atoms with Gasteiger partial charge in [-0.1, -0.05) is 152 Å². The zero-order valence-corrected chi connectivity index (χ0v) is 36.3. The summed E-state index contributed by atoms with van der Waals surface area (Å²) in [4.78, 5) is 18.8. The predicted molar refractivity (Wildman–Crippen MR) is 242 cm³/mol. The second-order valence-electron chi connectivity index (χ2n) is 15.3. The third kappa shape index (κ3) is 10.3. The van der Waals surface area contributed by atoms with Crippen LogP contribution in [-0.4, -0.2) is 42.3 Å². The Morgan fingerprint density at radius 1 is 0.803 bits per heavy atom. The fourth-order valence-electron chi connectivity index (χ4n) is 7.47. The van der Waals surface area contributed by atoms with Crippen molar-refractivity contribution >= 4 is 49.2 Å². The molecular formula is C49H47N3O6S3. The van der Waals surface area contributed by atoms with Gasteiger partial charge in [0.15, 0.2) is 10.6 Å². The van der Waals surface area contributed by atoms with Gasteiger partial charge in [0.25, 0.3) is 0 Å². The number of benzene rings is 6. The molecule has 7 aromatic rings. The van der Waals surface area contributed by atoms with Gasteiger partial charge >= 0.3 is 0 Å². The zero-order valence-electron chi connectivity index (χ0n) is 33.8. The fraction of sp³-hybridized carbons (Fsp3) is 0.224.